The molecule has 4 nitrogen and oxygen atoms in total. The number of methoxy groups -OCH3 is 2. The van der Waals surface area contributed by atoms with Crippen LogP contribution in [-0.4, -0.2) is 43.5 Å². The van der Waals surface area contributed by atoms with Crippen molar-refractivity contribution in [2.45, 2.75) is 25.3 Å². The van der Waals surface area contributed by atoms with Crippen molar-refractivity contribution in [2.24, 2.45) is 0 Å². The second-order valence-electron chi connectivity index (χ2n) is 4.84. The number of nitrogens with zero attached hydrogens (tertiary/aromatic N) is 1. The van der Waals surface area contributed by atoms with Crippen molar-refractivity contribution in [3.05, 3.63) is 23.8 Å². The summed E-state index contributed by atoms with van der Waals surface area (Å²) in [6.07, 6.45) is 3.27. The molecule has 20 heavy (non-hydrogen) atoms. The molecule has 1 aromatic carbocycles. The molecule has 1 amide bonds. The minimum absolute atomic E-state index is 0.0360. The first-order valence-electron chi connectivity index (χ1n) is 6.80. The zero-order chi connectivity index (χ0) is 14.5. The van der Waals surface area contributed by atoms with Gasteiger partial charge in [-0.05, 0) is 37.5 Å². The van der Waals surface area contributed by atoms with E-state index in [0.717, 1.165) is 12.8 Å². The number of hydrogen-bond donors (Lipinski definition) is 0. The van der Waals surface area contributed by atoms with Gasteiger partial charge in [-0.3, -0.25) is 4.79 Å². The fraction of sp³-hybridized carbons (Fsp3) is 0.533. The van der Waals surface area contributed by atoms with Crippen molar-refractivity contribution in [1.82, 2.24) is 4.90 Å². The van der Waals surface area contributed by atoms with Crippen molar-refractivity contribution < 1.29 is 14.3 Å². The fourth-order valence-corrected chi connectivity index (χ4v) is 2.56. The maximum atomic E-state index is 12.7. The Kier molecular flexibility index (Phi) is 5.12. The fourth-order valence-electron chi connectivity index (χ4n) is 2.38. The maximum absolute atomic E-state index is 12.7. The lowest BCUT2D eigenvalue weighted by atomic mass is 9.91. The quantitative estimate of drug-likeness (QED) is 0.758. The van der Waals surface area contributed by atoms with E-state index in [1.165, 1.54) is 6.42 Å². The van der Waals surface area contributed by atoms with Gasteiger partial charge in [0.1, 0.15) is 11.5 Å². The van der Waals surface area contributed by atoms with E-state index in [9.17, 15) is 4.79 Å². The Hall–Kier alpha value is -1.42. The Labute approximate surface area is 124 Å². The number of rotatable bonds is 6. The molecule has 0 atom stereocenters. The van der Waals surface area contributed by atoms with Gasteiger partial charge in [-0.2, -0.15) is 0 Å². The zero-order valence-electron chi connectivity index (χ0n) is 11.9. The van der Waals surface area contributed by atoms with E-state index in [1.807, 2.05) is 4.90 Å². The Balaban J connectivity index is 2.29. The topological polar surface area (TPSA) is 38.8 Å². The Bertz CT molecular complexity index is 474. The molecule has 0 aromatic heterocycles. The molecule has 0 saturated heterocycles. The van der Waals surface area contributed by atoms with Gasteiger partial charge >= 0.3 is 0 Å². The molecular formula is C15H20ClNO3. The summed E-state index contributed by atoms with van der Waals surface area (Å²) in [5.41, 5.74) is 0.531. The van der Waals surface area contributed by atoms with E-state index in [4.69, 9.17) is 21.1 Å². The number of carbonyl (C=O) groups excluding carboxylic acids is 1. The van der Waals surface area contributed by atoms with Crippen LogP contribution in [0.2, 0.25) is 0 Å². The molecule has 0 unspecified atom stereocenters. The molecule has 5 heteroatoms. The Morgan fingerprint density at radius 1 is 1.35 bits per heavy atom. The molecular weight excluding hydrogens is 278 g/mol. The number of carbonyl (C=O) groups is 1. The summed E-state index contributed by atoms with van der Waals surface area (Å²) < 4.78 is 10.5. The van der Waals surface area contributed by atoms with Gasteiger partial charge in [0.2, 0.25) is 0 Å². The van der Waals surface area contributed by atoms with Crippen molar-refractivity contribution >= 4 is 17.5 Å². The number of halogens is 1. The third-order valence-electron chi connectivity index (χ3n) is 3.74. The van der Waals surface area contributed by atoms with E-state index in [1.54, 1.807) is 32.4 Å². The molecule has 0 bridgehead atoms. The normalized spacial score (nSPS) is 14.6. The van der Waals surface area contributed by atoms with Crippen molar-refractivity contribution in [1.29, 1.82) is 0 Å². The molecule has 1 aliphatic carbocycles. The minimum atomic E-state index is -0.0360. The van der Waals surface area contributed by atoms with Crippen molar-refractivity contribution in [2.75, 3.05) is 26.6 Å². The number of hydrogen-bond acceptors (Lipinski definition) is 3. The third kappa shape index (κ3) is 3.01. The van der Waals surface area contributed by atoms with Gasteiger partial charge < -0.3 is 14.4 Å². The van der Waals surface area contributed by atoms with Gasteiger partial charge in [0.15, 0.2) is 0 Å². The highest BCUT2D eigenvalue weighted by molar-refractivity contribution is 6.18. The molecule has 1 fully saturated rings. The van der Waals surface area contributed by atoms with Crippen molar-refractivity contribution in [3.8, 4) is 11.5 Å². The molecule has 110 valence electrons. The third-order valence-corrected chi connectivity index (χ3v) is 3.91. The molecule has 2 rings (SSSR count). The summed E-state index contributed by atoms with van der Waals surface area (Å²) in [6, 6.07) is 5.56. The minimum Gasteiger partial charge on any atom is -0.497 e. The number of amides is 1. The van der Waals surface area contributed by atoms with Gasteiger partial charge in [0.25, 0.3) is 5.91 Å². The number of alkyl halides is 1. The highest BCUT2D eigenvalue weighted by atomic mass is 35.5. The molecule has 0 heterocycles. The molecule has 1 aromatic rings. The number of ether oxygens (including phenoxy) is 2. The van der Waals surface area contributed by atoms with Gasteiger partial charge in [0.05, 0.1) is 19.8 Å². The smallest absolute Gasteiger partial charge is 0.258 e. The molecule has 0 N–H and O–H groups in total. The van der Waals surface area contributed by atoms with Crippen LogP contribution in [0.1, 0.15) is 29.6 Å². The van der Waals surface area contributed by atoms with Gasteiger partial charge in [-0.15, -0.1) is 11.6 Å². The van der Waals surface area contributed by atoms with Crippen molar-refractivity contribution in [3.63, 3.8) is 0 Å². The SMILES string of the molecule is COc1ccc(OC)c(C(=O)N(CCCl)C2CCC2)c1. The van der Waals surface area contributed by atoms with E-state index in [0.29, 0.717) is 35.5 Å². The summed E-state index contributed by atoms with van der Waals surface area (Å²) in [5.74, 6) is 1.61. The van der Waals surface area contributed by atoms with Crippen LogP contribution in [-0.2, 0) is 0 Å². The summed E-state index contributed by atoms with van der Waals surface area (Å²) in [6.45, 7) is 0.561. The lowest BCUT2D eigenvalue weighted by Gasteiger charge is -2.37. The van der Waals surface area contributed by atoms with Crippen LogP contribution >= 0.6 is 11.6 Å². The predicted octanol–water partition coefficient (Wildman–Crippen LogP) is 2.94. The standard InChI is InChI=1S/C15H20ClNO3/c1-19-12-6-7-14(20-2)13(10-12)15(18)17(9-8-16)11-4-3-5-11/h6-7,10-11H,3-5,8-9H2,1-2H3. The van der Waals surface area contributed by atoms with E-state index in [2.05, 4.69) is 0 Å². The highest BCUT2D eigenvalue weighted by Crippen LogP contribution is 2.30. The molecule has 1 aliphatic rings. The van der Waals surface area contributed by atoms with E-state index in [-0.39, 0.29) is 5.91 Å². The second kappa shape index (κ2) is 6.84. The molecule has 0 radical (unpaired) electrons. The van der Waals surface area contributed by atoms with E-state index < -0.39 is 0 Å². The summed E-state index contributed by atoms with van der Waals surface area (Å²) >= 11 is 5.84. The largest absolute Gasteiger partial charge is 0.497 e. The van der Waals surface area contributed by atoms with Crippen LogP contribution in [0.25, 0.3) is 0 Å². The molecule has 1 saturated carbocycles. The average Bonchev–Trinajstić information content (AvgIpc) is 2.43. The molecule has 0 spiro atoms. The number of benzene rings is 1. The van der Waals surface area contributed by atoms with Crippen LogP contribution in [0, 0.1) is 0 Å². The van der Waals surface area contributed by atoms with Crippen LogP contribution in [0.3, 0.4) is 0 Å². The van der Waals surface area contributed by atoms with Crippen LogP contribution < -0.4 is 9.47 Å². The lowest BCUT2D eigenvalue weighted by Crippen LogP contribution is -2.45. The first-order chi connectivity index (χ1) is 9.71. The van der Waals surface area contributed by atoms with Gasteiger partial charge in [-0.25, -0.2) is 0 Å². The molecule has 0 aliphatic heterocycles. The summed E-state index contributed by atoms with van der Waals surface area (Å²) in [5, 5.41) is 0. The van der Waals surface area contributed by atoms with E-state index >= 15 is 0 Å². The Morgan fingerprint density at radius 2 is 2.10 bits per heavy atom. The first kappa shape index (κ1) is 15.0. The Morgan fingerprint density at radius 3 is 2.60 bits per heavy atom. The summed E-state index contributed by atoms with van der Waals surface area (Å²) in [7, 11) is 3.15. The first-order valence-corrected chi connectivity index (χ1v) is 7.33. The van der Waals surface area contributed by atoms with Crippen LogP contribution in [0.15, 0.2) is 18.2 Å². The average molecular weight is 298 g/mol. The highest BCUT2D eigenvalue weighted by Gasteiger charge is 2.30. The van der Waals surface area contributed by atoms with Gasteiger partial charge in [0, 0.05) is 18.5 Å². The second-order valence-corrected chi connectivity index (χ2v) is 5.22. The van der Waals surface area contributed by atoms with Crippen LogP contribution in [0.4, 0.5) is 0 Å². The maximum Gasteiger partial charge on any atom is 0.258 e. The van der Waals surface area contributed by atoms with Gasteiger partial charge in [-0.1, -0.05) is 0 Å². The lowest BCUT2D eigenvalue weighted by molar-refractivity contribution is 0.0594. The monoisotopic (exact) mass is 297 g/mol. The summed E-state index contributed by atoms with van der Waals surface area (Å²) in [4.78, 5) is 14.6. The van der Waals surface area contributed by atoms with Crippen LogP contribution in [0.5, 0.6) is 11.5 Å². The zero-order valence-corrected chi connectivity index (χ0v) is 12.7. The predicted molar refractivity (Wildman–Crippen MR) is 78.9 cm³/mol.